The topological polar surface area (TPSA) is 68.4 Å². The molecule has 0 atom stereocenters. The van der Waals surface area contributed by atoms with E-state index in [-0.39, 0.29) is 0 Å². The Balaban J connectivity index is 1.06. The second kappa shape index (κ2) is 11.2. The highest BCUT2D eigenvalue weighted by Crippen LogP contribution is 2.43. The van der Waals surface area contributed by atoms with Crippen LogP contribution in [-0.4, -0.2) is 10.2 Å². The molecule has 0 saturated heterocycles. The second-order valence-electron chi connectivity index (χ2n) is 13.1. The fraction of sp³-hybridized carbons (Fsp3) is 0. The summed E-state index contributed by atoms with van der Waals surface area (Å²) in [5.41, 5.74) is 8.00. The van der Waals surface area contributed by atoms with Gasteiger partial charge in [0, 0.05) is 72.6 Å². The van der Waals surface area contributed by atoms with Gasteiger partial charge in [0.25, 0.3) is 0 Å². The Morgan fingerprint density at radius 1 is 0.346 bits per heavy atom. The van der Waals surface area contributed by atoms with Gasteiger partial charge in [0.1, 0.15) is 22.3 Å². The number of hydrogen-bond donors (Lipinski definition) is 0. The first kappa shape index (κ1) is 28.6. The normalized spacial score (nSPS) is 11.8. The van der Waals surface area contributed by atoms with Crippen molar-refractivity contribution in [2.75, 3.05) is 4.90 Å². The van der Waals surface area contributed by atoms with Crippen molar-refractivity contribution in [3.05, 3.63) is 164 Å². The Labute approximate surface area is 296 Å². The van der Waals surface area contributed by atoms with Gasteiger partial charge in [-0.25, -0.2) is 0 Å². The van der Waals surface area contributed by atoms with Gasteiger partial charge in [-0.05, 0) is 83.6 Å². The maximum Gasteiger partial charge on any atom is 0.248 e. The molecule has 52 heavy (non-hydrogen) atoms. The third-order valence-corrected chi connectivity index (χ3v) is 10.0. The molecule has 244 valence electrons. The van der Waals surface area contributed by atoms with E-state index in [0.29, 0.717) is 11.8 Å². The number of nitrogens with zero attached hydrogens (tertiary/aromatic N) is 3. The predicted octanol–water partition coefficient (Wildman–Crippen LogP) is 13.0. The van der Waals surface area contributed by atoms with E-state index >= 15 is 0 Å². The highest BCUT2D eigenvalue weighted by atomic mass is 16.4. The van der Waals surface area contributed by atoms with Gasteiger partial charge in [-0.2, -0.15) is 0 Å². The van der Waals surface area contributed by atoms with Crippen LogP contribution >= 0.6 is 0 Å². The van der Waals surface area contributed by atoms with E-state index in [4.69, 9.17) is 13.3 Å². The lowest BCUT2D eigenvalue weighted by atomic mass is 10.0. The number of rotatable bonds is 5. The number of furan rings is 2. The molecule has 0 amide bonds. The first-order valence-electron chi connectivity index (χ1n) is 17.2. The minimum atomic E-state index is 0.462. The molecule has 0 bridgehead atoms. The molecule has 6 nitrogen and oxygen atoms in total. The van der Waals surface area contributed by atoms with E-state index in [1.54, 1.807) is 0 Å². The molecular weight excluding hydrogens is 643 g/mol. The SMILES string of the molecule is c1ccc(-c2nnc(-c3ccc(N(c4ccc5c(c4)oc4c6ccccc6ccc54)c4ccc5c(c4)oc4c6ccccc6ccc54)cc3)o2)cc1. The molecule has 0 aliphatic heterocycles. The summed E-state index contributed by atoms with van der Waals surface area (Å²) >= 11 is 0. The first-order valence-corrected chi connectivity index (χ1v) is 17.2. The third kappa shape index (κ3) is 4.44. The van der Waals surface area contributed by atoms with E-state index in [1.165, 1.54) is 0 Å². The summed E-state index contributed by atoms with van der Waals surface area (Å²) in [5, 5.41) is 17.5. The smallest absolute Gasteiger partial charge is 0.248 e. The molecule has 0 aliphatic rings. The summed E-state index contributed by atoms with van der Waals surface area (Å²) in [4.78, 5) is 2.22. The van der Waals surface area contributed by atoms with Crippen LogP contribution in [0.3, 0.4) is 0 Å². The molecule has 0 saturated carbocycles. The third-order valence-electron chi connectivity index (χ3n) is 10.0. The molecule has 0 radical (unpaired) electrons. The zero-order valence-corrected chi connectivity index (χ0v) is 27.7. The largest absolute Gasteiger partial charge is 0.455 e. The van der Waals surface area contributed by atoms with E-state index in [9.17, 15) is 0 Å². The molecule has 3 aromatic heterocycles. The Morgan fingerprint density at radius 2 is 0.808 bits per heavy atom. The minimum Gasteiger partial charge on any atom is -0.455 e. The Bertz CT molecular complexity index is 2980. The summed E-state index contributed by atoms with van der Waals surface area (Å²) in [6, 6.07) is 56.2. The van der Waals surface area contributed by atoms with Crippen LogP contribution in [0.5, 0.6) is 0 Å². The molecule has 11 aromatic rings. The van der Waals surface area contributed by atoms with Crippen LogP contribution in [-0.2, 0) is 0 Å². The van der Waals surface area contributed by atoms with Gasteiger partial charge in [0.15, 0.2) is 0 Å². The number of anilines is 3. The van der Waals surface area contributed by atoms with Crippen molar-refractivity contribution in [1.82, 2.24) is 10.2 Å². The summed E-state index contributed by atoms with van der Waals surface area (Å²) in [5.74, 6) is 0.948. The Morgan fingerprint density at radius 3 is 1.37 bits per heavy atom. The van der Waals surface area contributed by atoms with Crippen LogP contribution in [0.4, 0.5) is 17.1 Å². The van der Waals surface area contributed by atoms with Crippen LogP contribution in [0, 0.1) is 0 Å². The molecule has 6 heteroatoms. The van der Waals surface area contributed by atoms with Crippen LogP contribution in [0.2, 0.25) is 0 Å². The first-order chi connectivity index (χ1) is 25.7. The molecule has 0 fully saturated rings. The highest BCUT2D eigenvalue weighted by Gasteiger charge is 2.20. The quantitative estimate of drug-likeness (QED) is 0.182. The molecule has 0 spiro atoms. The highest BCUT2D eigenvalue weighted by molar-refractivity contribution is 6.17. The van der Waals surface area contributed by atoms with Gasteiger partial charge in [-0.3, -0.25) is 0 Å². The van der Waals surface area contributed by atoms with E-state index in [1.807, 2.05) is 42.5 Å². The van der Waals surface area contributed by atoms with Crippen LogP contribution in [0.25, 0.3) is 88.3 Å². The molecular formula is C46H27N3O3. The van der Waals surface area contributed by atoms with Gasteiger partial charge >= 0.3 is 0 Å². The number of aromatic nitrogens is 2. The molecule has 3 heterocycles. The Hall–Kier alpha value is -7.18. The minimum absolute atomic E-state index is 0.462. The van der Waals surface area contributed by atoms with Crippen molar-refractivity contribution in [1.29, 1.82) is 0 Å². The predicted molar refractivity (Wildman–Crippen MR) is 209 cm³/mol. The van der Waals surface area contributed by atoms with Gasteiger partial charge in [-0.1, -0.05) is 78.9 Å². The van der Waals surface area contributed by atoms with E-state index in [2.05, 4.69) is 136 Å². The van der Waals surface area contributed by atoms with Crippen LogP contribution in [0.15, 0.2) is 177 Å². The fourth-order valence-corrected chi connectivity index (χ4v) is 7.50. The number of fused-ring (bicyclic) bond motifs is 10. The second-order valence-corrected chi connectivity index (χ2v) is 13.1. The van der Waals surface area contributed by atoms with Crippen molar-refractivity contribution in [3.8, 4) is 22.9 Å². The molecule has 0 N–H and O–H groups in total. The number of benzene rings is 8. The number of hydrogen-bond acceptors (Lipinski definition) is 6. The maximum atomic E-state index is 6.62. The summed E-state index contributed by atoms with van der Waals surface area (Å²) in [6.45, 7) is 0. The van der Waals surface area contributed by atoms with Crippen molar-refractivity contribution in [2.45, 2.75) is 0 Å². The fourth-order valence-electron chi connectivity index (χ4n) is 7.50. The van der Waals surface area contributed by atoms with E-state index < -0.39 is 0 Å². The lowest BCUT2D eigenvalue weighted by Gasteiger charge is -2.25. The van der Waals surface area contributed by atoms with Crippen molar-refractivity contribution >= 4 is 82.5 Å². The average molecular weight is 670 g/mol. The van der Waals surface area contributed by atoms with Gasteiger partial charge < -0.3 is 18.2 Å². The lowest BCUT2D eigenvalue weighted by Crippen LogP contribution is -2.09. The summed E-state index contributed by atoms with van der Waals surface area (Å²) < 4.78 is 19.3. The zero-order chi connectivity index (χ0) is 34.2. The maximum absolute atomic E-state index is 6.62. The zero-order valence-electron chi connectivity index (χ0n) is 27.7. The Kier molecular flexibility index (Phi) is 6.15. The summed E-state index contributed by atoms with van der Waals surface area (Å²) in [6.07, 6.45) is 0. The summed E-state index contributed by atoms with van der Waals surface area (Å²) in [7, 11) is 0. The van der Waals surface area contributed by atoms with E-state index in [0.717, 1.165) is 93.6 Å². The molecule has 0 unspecified atom stereocenters. The standard InChI is InChI=1S/C46H27N3O3/c1-2-10-30(11-3-1)45-47-48-46(52-45)31-14-18-32(19-15-31)49(33-20-24-37-39-22-16-28-8-4-6-12-35(28)43(39)50-41(37)26-33)34-21-25-38-40-23-17-29-9-5-7-13-36(29)44(40)51-42(38)27-34/h1-27H. The van der Waals surface area contributed by atoms with Crippen molar-refractivity contribution < 1.29 is 13.3 Å². The van der Waals surface area contributed by atoms with Crippen molar-refractivity contribution in [3.63, 3.8) is 0 Å². The molecule has 11 rings (SSSR count). The monoisotopic (exact) mass is 669 g/mol. The van der Waals surface area contributed by atoms with Crippen LogP contribution in [0.1, 0.15) is 0 Å². The average Bonchev–Trinajstić information content (AvgIpc) is 3.94. The van der Waals surface area contributed by atoms with Gasteiger partial charge in [0.2, 0.25) is 11.8 Å². The van der Waals surface area contributed by atoms with Crippen molar-refractivity contribution in [2.24, 2.45) is 0 Å². The molecule has 8 aromatic carbocycles. The lowest BCUT2D eigenvalue weighted by molar-refractivity contribution is 0.584. The van der Waals surface area contributed by atoms with Gasteiger partial charge in [0.05, 0.1) is 0 Å². The van der Waals surface area contributed by atoms with Crippen LogP contribution < -0.4 is 4.90 Å². The van der Waals surface area contributed by atoms with Gasteiger partial charge in [-0.15, -0.1) is 10.2 Å². The molecule has 0 aliphatic carbocycles.